The predicted molar refractivity (Wildman–Crippen MR) is 147 cm³/mol. The van der Waals surface area contributed by atoms with Gasteiger partial charge in [-0.1, -0.05) is 77.5 Å². The van der Waals surface area contributed by atoms with Crippen LogP contribution < -0.4 is 5.32 Å². The number of anilines is 1. The fourth-order valence-electron chi connectivity index (χ4n) is 4.14. The molecule has 36 heavy (non-hydrogen) atoms. The molecule has 5 nitrogen and oxygen atoms in total. The van der Waals surface area contributed by atoms with E-state index in [0.29, 0.717) is 13.1 Å². The Kier molecular flexibility index (Phi) is 14.5. The maximum absolute atomic E-state index is 14.0. The highest BCUT2D eigenvalue weighted by atomic mass is 32.2. The van der Waals surface area contributed by atoms with Gasteiger partial charge < -0.3 is 15.2 Å². The molecule has 0 fully saturated rings. The maximum Gasteiger partial charge on any atom is 0.321 e. The Bertz CT molecular complexity index is 882. The van der Waals surface area contributed by atoms with E-state index in [1.807, 2.05) is 0 Å². The molecule has 0 spiro atoms. The van der Waals surface area contributed by atoms with E-state index in [2.05, 4.69) is 31.1 Å². The van der Waals surface area contributed by atoms with E-state index in [4.69, 9.17) is 4.98 Å². The zero-order valence-electron chi connectivity index (χ0n) is 22.3. The van der Waals surface area contributed by atoms with Gasteiger partial charge in [0.2, 0.25) is 0 Å². The van der Waals surface area contributed by atoms with Crippen molar-refractivity contribution in [3.05, 3.63) is 41.2 Å². The number of nitrogens with zero attached hydrogens (tertiary/aromatic N) is 2. The van der Waals surface area contributed by atoms with Crippen LogP contribution in [0.4, 0.5) is 19.3 Å². The number of imidazole rings is 1. The molecule has 0 atom stereocenters. The van der Waals surface area contributed by atoms with Gasteiger partial charge in [-0.3, -0.25) is 0 Å². The number of hydrogen-bond donors (Lipinski definition) is 2. The number of hydrogen-bond acceptors (Lipinski definition) is 3. The standard InChI is InChI=1S/C28H44F2N4OS/c1-4-7-8-9-11-18-34(28(35)33-24-17-16-22(29)21-23(24)30)19-12-10-13-20-36-27-31-25(14-5-2)26(32-27)15-6-3/h16-17,21H,4-15,18-20H2,1-3H3,(H,31,32)(H,33,35). The van der Waals surface area contributed by atoms with Crippen molar-refractivity contribution in [2.45, 2.75) is 103 Å². The van der Waals surface area contributed by atoms with Crippen LogP contribution in [0.1, 0.15) is 96.4 Å². The number of nitrogens with one attached hydrogen (secondary N) is 2. The minimum Gasteiger partial charge on any atom is -0.337 e. The van der Waals surface area contributed by atoms with Crippen molar-refractivity contribution in [2.24, 2.45) is 0 Å². The van der Waals surface area contributed by atoms with Gasteiger partial charge in [0, 0.05) is 30.6 Å². The van der Waals surface area contributed by atoms with Crippen molar-refractivity contribution in [3.63, 3.8) is 0 Å². The molecule has 0 unspecified atom stereocenters. The van der Waals surface area contributed by atoms with Crippen molar-refractivity contribution in [3.8, 4) is 0 Å². The molecular formula is C28H44F2N4OS. The number of aromatic amines is 1. The van der Waals surface area contributed by atoms with Crippen molar-refractivity contribution in [2.75, 3.05) is 24.2 Å². The van der Waals surface area contributed by atoms with E-state index >= 15 is 0 Å². The molecule has 1 aromatic carbocycles. The number of aryl methyl sites for hydroxylation is 2. The average molecular weight is 523 g/mol. The second kappa shape index (κ2) is 17.4. The topological polar surface area (TPSA) is 61.0 Å². The Hall–Kier alpha value is -2.09. The zero-order valence-corrected chi connectivity index (χ0v) is 23.1. The summed E-state index contributed by atoms with van der Waals surface area (Å²) in [7, 11) is 0. The number of rotatable bonds is 18. The van der Waals surface area contributed by atoms with E-state index in [9.17, 15) is 13.6 Å². The first kappa shape index (κ1) is 30.1. The monoisotopic (exact) mass is 522 g/mol. The van der Waals surface area contributed by atoms with Gasteiger partial charge >= 0.3 is 6.03 Å². The van der Waals surface area contributed by atoms with E-state index in [0.717, 1.165) is 87.3 Å². The second-order valence-electron chi connectivity index (χ2n) is 9.33. The van der Waals surface area contributed by atoms with Crippen LogP contribution in [0.2, 0.25) is 0 Å². The van der Waals surface area contributed by atoms with Gasteiger partial charge in [0.1, 0.15) is 11.6 Å². The molecule has 0 aliphatic carbocycles. The number of amides is 2. The van der Waals surface area contributed by atoms with Crippen LogP contribution in [0.5, 0.6) is 0 Å². The first-order valence-corrected chi connectivity index (χ1v) is 14.7. The molecule has 2 rings (SSSR count). The molecule has 0 radical (unpaired) electrons. The van der Waals surface area contributed by atoms with Crippen molar-refractivity contribution in [1.82, 2.24) is 14.9 Å². The van der Waals surface area contributed by atoms with Gasteiger partial charge in [-0.05, 0) is 44.2 Å². The molecule has 0 aliphatic rings. The number of benzene rings is 1. The normalized spacial score (nSPS) is 11.1. The summed E-state index contributed by atoms with van der Waals surface area (Å²) in [6.45, 7) is 7.81. The lowest BCUT2D eigenvalue weighted by molar-refractivity contribution is 0.209. The quantitative estimate of drug-likeness (QED) is 0.153. The highest BCUT2D eigenvalue weighted by Crippen LogP contribution is 2.21. The van der Waals surface area contributed by atoms with Crippen molar-refractivity contribution < 1.29 is 13.6 Å². The van der Waals surface area contributed by atoms with E-state index < -0.39 is 11.6 Å². The number of carbonyl (C=O) groups excluding carboxylic acids is 1. The third kappa shape index (κ3) is 10.9. The van der Waals surface area contributed by atoms with Crippen LogP contribution in [-0.4, -0.2) is 39.7 Å². The van der Waals surface area contributed by atoms with Gasteiger partial charge in [0.05, 0.1) is 11.4 Å². The fraction of sp³-hybridized carbons (Fsp3) is 0.643. The smallest absolute Gasteiger partial charge is 0.321 e. The molecule has 0 aliphatic heterocycles. The number of unbranched alkanes of at least 4 members (excludes halogenated alkanes) is 6. The Morgan fingerprint density at radius 3 is 2.31 bits per heavy atom. The summed E-state index contributed by atoms with van der Waals surface area (Å²) in [4.78, 5) is 22.9. The van der Waals surface area contributed by atoms with Gasteiger partial charge in [-0.25, -0.2) is 18.6 Å². The van der Waals surface area contributed by atoms with E-state index in [-0.39, 0.29) is 11.7 Å². The van der Waals surface area contributed by atoms with Crippen LogP contribution in [-0.2, 0) is 12.8 Å². The predicted octanol–water partition coefficient (Wildman–Crippen LogP) is 8.36. The number of carbonyl (C=O) groups is 1. The Morgan fingerprint density at radius 1 is 0.944 bits per heavy atom. The highest BCUT2D eigenvalue weighted by Gasteiger charge is 2.15. The molecule has 1 heterocycles. The fourth-order valence-corrected chi connectivity index (χ4v) is 5.06. The lowest BCUT2D eigenvalue weighted by atomic mass is 10.1. The highest BCUT2D eigenvalue weighted by molar-refractivity contribution is 7.99. The van der Waals surface area contributed by atoms with Gasteiger partial charge in [0.25, 0.3) is 0 Å². The van der Waals surface area contributed by atoms with E-state index in [1.165, 1.54) is 30.3 Å². The lowest BCUT2D eigenvalue weighted by Gasteiger charge is -2.23. The van der Waals surface area contributed by atoms with Crippen molar-refractivity contribution in [1.29, 1.82) is 0 Å². The summed E-state index contributed by atoms with van der Waals surface area (Å²) < 4.78 is 27.2. The number of H-pyrrole nitrogens is 1. The number of urea groups is 1. The molecule has 2 amide bonds. The first-order chi connectivity index (χ1) is 17.5. The summed E-state index contributed by atoms with van der Waals surface area (Å²) in [5, 5.41) is 3.63. The SMILES string of the molecule is CCCCCCCN(CCCCCSc1nc(CCC)c(CCC)[nH]1)C(=O)Nc1ccc(F)cc1F. The molecule has 1 aromatic heterocycles. The molecule has 0 saturated carbocycles. The Morgan fingerprint density at radius 2 is 1.64 bits per heavy atom. The summed E-state index contributed by atoms with van der Waals surface area (Å²) in [6, 6.07) is 2.89. The Balaban J connectivity index is 1.80. The third-order valence-corrected chi connectivity index (χ3v) is 7.09. The Labute approximate surface area is 220 Å². The molecule has 0 saturated heterocycles. The van der Waals surface area contributed by atoms with Gasteiger partial charge in [-0.15, -0.1) is 0 Å². The number of halogens is 2. The summed E-state index contributed by atoms with van der Waals surface area (Å²) in [5.74, 6) is -0.437. The van der Waals surface area contributed by atoms with Gasteiger partial charge in [-0.2, -0.15) is 0 Å². The summed E-state index contributed by atoms with van der Waals surface area (Å²) in [6.07, 6.45) is 12.7. The number of thioether (sulfide) groups is 1. The first-order valence-electron chi connectivity index (χ1n) is 13.7. The molecule has 0 bridgehead atoms. The second-order valence-corrected chi connectivity index (χ2v) is 10.4. The van der Waals surface area contributed by atoms with Crippen molar-refractivity contribution >= 4 is 23.5 Å². The maximum atomic E-state index is 14.0. The molecule has 202 valence electrons. The molecular weight excluding hydrogens is 478 g/mol. The zero-order chi connectivity index (χ0) is 26.2. The van der Waals surface area contributed by atoms with E-state index in [1.54, 1.807) is 16.7 Å². The molecule has 2 aromatic rings. The number of aromatic nitrogens is 2. The largest absolute Gasteiger partial charge is 0.337 e. The summed E-state index contributed by atoms with van der Waals surface area (Å²) >= 11 is 1.77. The van der Waals surface area contributed by atoms with Crippen LogP contribution in [0.25, 0.3) is 0 Å². The minimum absolute atomic E-state index is 0.0112. The van der Waals surface area contributed by atoms with Crippen LogP contribution in [0.3, 0.4) is 0 Å². The van der Waals surface area contributed by atoms with Crippen LogP contribution in [0, 0.1) is 11.6 Å². The summed E-state index contributed by atoms with van der Waals surface area (Å²) in [5.41, 5.74) is 2.50. The lowest BCUT2D eigenvalue weighted by Crippen LogP contribution is -2.36. The van der Waals surface area contributed by atoms with Gasteiger partial charge in [0.15, 0.2) is 5.16 Å². The van der Waals surface area contributed by atoms with Crippen LogP contribution >= 0.6 is 11.8 Å². The molecule has 8 heteroatoms. The molecule has 2 N–H and O–H groups in total. The van der Waals surface area contributed by atoms with Crippen LogP contribution in [0.15, 0.2) is 23.4 Å². The minimum atomic E-state index is -0.759. The third-order valence-electron chi connectivity index (χ3n) is 6.13. The average Bonchev–Trinajstić information content (AvgIpc) is 3.23.